The van der Waals surface area contributed by atoms with Crippen LogP contribution in [0.15, 0.2) is 328 Å². The largest absolute Gasteiger partial charge is 0.292 e. The van der Waals surface area contributed by atoms with Crippen molar-refractivity contribution in [2.24, 2.45) is 0 Å². The van der Waals surface area contributed by atoms with Crippen molar-refractivity contribution < 1.29 is 0 Å². The van der Waals surface area contributed by atoms with Crippen LogP contribution in [-0.4, -0.2) is 29.1 Å². The summed E-state index contributed by atoms with van der Waals surface area (Å²) in [6.45, 7) is 0. The Labute approximate surface area is 510 Å². The average Bonchev–Trinajstić information content (AvgIpc) is 2.32. The summed E-state index contributed by atoms with van der Waals surface area (Å²) in [6, 6.07) is 116. The molecule has 6 nitrogen and oxygen atoms in total. The van der Waals surface area contributed by atoms with Gasteiger partial charge in [0.1, 0.15) is 11.6 Å². The summed E-state index contributed by atoms with van der Waals surface area (Å²) in [5.41, 5.74) is 26.5. The minimum Gasteiger partial charge on any atom is -0.292 e. The van der Waals surface area contributed by atoms with Crippen LogP contribution in [0.3, 0.4) is 0 Å². The predicted molar refractivity (Wildman–Crippen MR) is 363 cm³/mol. The van der Waals surface area contributed by atoms with E-state index in [1.54, 1.807) is 0 Å². The van der Waals surface area contributed by atoms with Crippen molar-refractivity contribution in [3.63, 3.8) is 0 Å². The lowest BCUT2D eigenvalue weighted by molar-refractivity contribution is 1.10. The number of rotatable bonds is 12. The van der Waals surface area contributed by atoms with Gasteiger partial charge in [-0.25, -0.2) is 19.9 Å². The average molecular weight is 1120 g/mol. The van der Waals surface area contributed by atoms with E-state index in [1.807, 2.05) is 24.3 Å². The monoisotopic (exact) mass is 1120 g/mol. The molecule has 0 unspecified atom stereocenters. The molecule has 3 aromatic heterocycles. The molecule has 0 amide bonds. The molecule has 13 aromatic carbocycles. The van der Waals surface area contributed by atoms with E-state index in [0.29, 0.717) is 0 Å². The molecule has 0 saturated heterocycles. The van der Waals surface area contributed by atoms with Gasteiger partial charge in [-0.15, -0.1) is 0 Å². The smallest absolute Gasteiger partial charge is 0.145 e. The number of nitrogens with zero attached hydrogens (tertiary/aromatic N) is 6. The molecule has 0 saturated carbocycles. The van der Waals surface area contributed by atoms with E-state index >= 15 is 0 Å². The highest BCUT2D eigenvalue weighted by molar-refractivity contribution is 6.07. The molecule has 0 aliphatic rings. The number of para-hydroxylation sites is 6. The highest BCUT2D eigenvalue weighted by atomic mass is 15.1. The Hall–Kier alpha value is -11.9. The zero-order chi connectivity index (χ0) is 58.3. The number of benzene rings is 13. The third-order valence-electron chi connectivity index (χ3n) is 16.8. The Kier molecular flexibility index (Phi) is 13.1. The second-order valence-electron chi connectivity index (χ2n) is 22.1. The number of hydrogen-bond donors (Lipinski definition) is 0. The van der Waals surface area contributed by atoms with Gasteiger partial charge in [0.25, 0.3) is 0 Å². The number of hydrogen-bond acceptors (Lipinski definition) is 4. The fraction of sp³-hybridized carbons (Fsp3) is 0. The van der Waals surface area contributed by atoms with E-state index in [2.05, 4.69) is 312 Å². The van der Waals surface area contributed by atoms with E-state index < -0.39 is 0 Å². The van der Waals surface area contributed by atoms with Crippen molar-refractivity contribution in [3.8, 4) is 123 Å². The summed E-state index contributed by atoms with van der Waals surface area (Å²) in [6.07, 6.45) is 0. The van der Waals surface area contributed by atoms with Crippen LogP contribution in [0.25, 0.3) is 157 Å². The Morgan fingerprint density at radius 2 is 0.466 bits per heavy atom. The van der Waals surface area contributed by atoms with E-state index in [0.717, 1.165) is 157 Å². The van der Waals surface area contributed by atoms with Crippen molar-refractivity contribution in [2.45, 2.75) is 0 Å². The van der Waals surface area contributed by atoms with E-state index in [9.17, 15) is 0 Å². The molecule has 0 aliphatic carbocycles. The number of imidazole rings is 2. The quantitative estimate of drug-likeness (QED) is 0.122. The molecule has 0 bridgehead atoms. The van der Waals surface area contributed by atoms with Gasteiger partial charge in [-0.3, -0.25) is 9.13 Å². The summed E-state index contributed by atoms with van der Waals surface area (Å²) < 4.78 is 4.49. The first-order valence-electron chi connectivity index (χ1n) is 29.8. The highest BCUT2D eigenvalue weighted by Gasteiger charge is 2.23. The number of aromatic nitrogens is 6. The zero-order valence-corrected chi connectivity index (χ0v) is 47.9. The lowest BCUT2D eigenvalue weighted by Crippen LogP contribution is -2.00. The minimum absolute atomic E-state index is 0.791. The third kappa shape index (κ3) is 9.42. The summed E-state index contributed by atoms with van der Waals surface area (Å²) in [5, 5.41) is 0. The van der Waals surface area contributed by atoms with Gasteiger partial charge in [0.05, 0.1) is 44.5 Å². The molecular weight excluding hydrogens is 1070 g/mol. The van der Waals surface area contributed by atoms with Crippen molar-refractivity contribution in [3.05, 3.63) is 328 Å². The normalized spacial score (nSPS) is 11.4. The maximum absolute atomic E-state index is 5.90. The molecule has 0 atom stereocenters. The van der Waals surface area contributed by atoms with Crippen molar-refractivity contribution >= 4 is 33.1 Å². The molecule has 16 aromatic rings. The summed E-state index contributed by atoms with van der Waals surface area (Å²) >= 11 is 0. The van der Waals surface area contributed by atoms with Crippen LogP contribution >= 0.6 is 0 Å². The number of fused-ring (bicyclic) bond motifs is 3. The molecule has 0 aliphatic heterocycles. The maximum atomic E-state index is 5.90. The molecule has 0 fully saturated rings. The second-order valence-corrected chi connectivity index (χ2v) is 22.1. The summed E-state index contributed by atoms with van der Waals surface area (Å²) in [5.74, 6) is 1.80. The predicted octanol–water partition coefficient (Wildman–Crippen LogP) is 21.0. The maximum Gasteiger partial charge on any atom is 0.145 e. The third-order valence-corrected chi connectivity index (χ3v) is 16.8. The molecule has 16 rings (SSSR count). The first-order chi connectivity index (χ1) is 43.6. The lowest BCUT2D eigenvalue weighted by atomic mass is 9.89. The van der Waals surface area contributed by atoms with E-state index in [-0.39, 0.29) is 0 Å². The molecule has 3 heterocycles. The second kappa shape index (κ2) is 22.3. The molecule has 88 heavy (non-hydrogen) atoms. The fourth-order valence-electron chi connectivity index (χ4n) is 12.5. The van der Waals surface area contributed by atoms with Gasteiger partial charge in [-0.2, -0.15) is 0 Å². The van der Waals surface area contributed by atoms with Crippen molar-refractivity contribution in [1.29, 1.82) is 0 Å². The van der Waals surface area contributed by atoms with Crippen LogP contribution in [0.5, 0.6) is 0 Å². The van der Waals surface area contributed by atoms with Crippen LogP contribution in [-0.2, 0) is 0 Å². The van der Waals surface area contributed by atoms with Crippen LogP contribution in [0, 0.1) is 0 Å². The van der Waals surface area contributed by atoms with Gasteiger partial charge in [0, 0.05) is 44.8 Å². The topological polar surface area (TPSA) is 61.4 Å². The van der Waals surface area contributed by atoms with Crippen LogP contribution in [0.4, 0.5) is 0 Å². The van der Waals surface area contributed by atoms with Crippen molar-refractivity contribution in [2.75, 3.05) is 0 Å². The van der Waals surface area contributed by atoms with Gasteiger partial charge in [-0.05, 0) is 104 Å². The summed E-state index contributed by atoms with van der Waals surface area (Å²) in [7, 11) is 0. The molecule has 0 radical (unpaired) electrons. The molecule has 0 spiro atoms. The van der Waals surface area contributed by atoms with Gasteiger partial charge in [0.15, 0.2) is 0 Å². The van der Waals surface area contributed by atoms with Crippen LogP contribution < -0.4 is 0 Å². The Morgan fingerprint density at radius 3 is 0.830 bits per heavy atom. The Balaban J connectivity index is 0.837. The van der Waals surface area contributed by atoms with Crippen LogP contribution in [0.1, 0.15) is 0 Å². The van der Waals surface area contributed by atoms with Crippen molar-refractivity contribution in [1.82, 2.24) is 29.1 Å². The molecule has 412 valence electrons. The van der Waals surface area contributed by atoms with Crippen LogP contribution in [0.2, 0.25) is 0 Å². The standard InChI is InChI=1S/C82H54N6/c1-5-21-59(22-6-1)67-29-13-15-31-69(67)71-53-54-72(70-32-16-14-30-68(70)60-23-7-2-8-24-60)80-79(71)85-77(61-45-37-55(38-46-61)57-41-49-63(50-42-57)81-83-73-33-17-19-35-75(73)87(81)65-25-9-3-10-26-65)78(86-80)62-47-39-56(40-48-62)58-43-51-64(52-44-58)82-84-74-34-18-20-36-76(74)88(82)66-27-11-4-12-28-66/h1-54H. The summed E-state index contributed by atoms with van der Waals surface area (Å²) in [4.78, 5) is 22.1. The minimum atomic E-state index is 0.791. The van der Waals surface area contributed by atoms with E-state index in [4.69, 9.17) is 19.9 Å². The lowest BCUT2D eigenvalue weighted by Gasteiger charge is -2.19. The molecular formula is C82H54N6. The first kappa shape index (κ1) is 51.8. The zero-order valence-electron chi connectivity index (χ0n) is 47.9. The van der Waals surface area contributed by atoms with E-state index in [1.165, 1.54) is 0 Å². The van der Waals surface area contributed by atoms with Gasteiger partial charge >= 0.3 is 0 Å². The fourth-order valence-corrected chi connectivity index (χ4v) is 12.5. The molecule has 6 heteroatoms. The van der Waals surface area contributed by atoms with Gasteiger partial charge in [-0.1, -0.05) is 279 Å². The highest BCUT2D eigenvalue weighted by Crippen LogP contribution is 2.44. The molecule has 0 N–H and O–H groups in total. The Bertz CT molecular complexity index is 4860. The Morgan fingerprint density at radius 1 is 0.182 bits per heavy atom. The SMILES string of the molecule is c1ccc(-c2ccccc2-c2ccc(-c3ccccc3-c3ccccc3)c3nc(-c4ccc(-c5ccc(-c6nc7ccccc7n6-c6ccccc6)cc5)cc4)c(-c4ccc(-c5ccc(-c6nc7ccccc7n6-c6ccccc6)cc5)cc4)nc23)cc1. The first-order valence-corrected chi connectivity index (χ1v) is 29.8. The van der Waals surface area contributed by atoms with Gasteiger partial charge in [0.2, 0.25) is 0 Å². The van der Waals surface area contributed by atoms with Gasteiger partial charge < -0.3 is 0 Å².